The van der Waals surface area contributed by atoms with Gasteiger partial charge >= 0.3 is 0 Å². The Morgan fingerprint density at radius 3 is 1.75 bits per heavy atom. The standard InChI is InChI=1S/C4H11N.CH4O.H2O/c1-2-3-4-5;1-2;/h2-5H2,1H3;2H,1H3;1H2. The van der Waals surface area contributed by atoms with E-state index in [2.05, 4.69) is 6.92 Å². The molecule has 54 valence electrons. The van der Waals surface area contributed by atoms with E-state index in [-0.39, 0.29) is 5.48 Å². The normalized spacial score (nSPS) is 6.00. The fourth-order valence-corrected chi connectivity index (χ4v) is 0.204. The molecular weight excluding hydrogens is 106 g/mol. The molecule has 0 aromatic heterocycles. The summed E-state index contributed by atoms with van der Waals surface area (Å²) in [6, 6.07) is 0. The van der Waals surface area contributed by atoms with E-state index in [4.69, 9.17) is 10.8 Å². The Kier molecular flexibility index (Phi) is 56.1. The summed E-state index contributed by atoms with van der Waals surface area (Å²) in [5.74, 6) is 0. The smallest absolute Gasteiger partial charge is 0.0319 e. The molecule has 0 aliphatic rings. The van der Waals surface area contributed by atoms with Crippen LogP contribution in [-0.4, -0.2) is 24.2 Å². The summed E-state index contributed by atoms with van der Waals surface area (Å²) in [6.07, 6.45) is 2.39. The molecule has 0 unspecified atom stereocenters. The molecule has 0 rings (SSSR count). The molecule has 0 spiro atoms. The van der Waals surface area contributed by atoms with Crippen molar-refractivity contribution in [2.24, 2.45) is 5.73 Å². The average molecular weight is 123 g/mol. The largest absolute Gasteiger partial charge is 0.412 e. The number of hydrogen-bond acceptors (Lipinski definition) is 2. The summed E-state index contributed by atoms with van der Waals surface area (Å²) in [7, 11) is 1.00. The van der Waals surface area contributed by atoms with Crippen molar-refractivity contribution in [1.82, 2.24) is 0 Å². The van der Waals surface area contributed by atoms with Gasteiger partial charge < -0.3 is 16.3 Å². The van der Waals surface area contributed by atoms with E-state index < -0.39 is 0 Å². The maximum atomic E-state index is 7.00. The summed E-state index contributed by atoms with van der Waals surface area (Å²) in [5, 5.41) is 7.00. The lowest BCUT2D eigenvalue weighted by Crippen LogP contribution is -1.95. The number of nitrogens with two attached hydrogens (primary N) is 1. The molecule has 0 fully saturated rings. The van der Waals surface area contributed by atoms with Gasteiger partial charge in [-0.15, -0.1) is 0 Å². The zero-order valence-corrected chi connectivity index (χ0v) is 5.65. The monoisotopic (exact) mass is 123 g/mol. The fraction of sp³-hybridized carbons (Fsp3) is 1.00. The van der Waals surface area contributed by atoms with Crippen molar-refractivity contribution in [2.45, 2.75) is 19.8 Å². The minimum atomic E-state index is 0. The van der Waals surface area contributed by atoms with Crippen molar-refractivity contribution < 1.29 is 10.6 Å². The van der Waals surface area contributed by atoms with Crippen LogP contribution < -0.4 is 5.73 Å². The van der Waals surface area contributed by atoms with Gasteiger partial charge in [-0.2, -0.15) is 0 Å². The third kappa shape index (κ3) is 39.6. The minimum Gasteiger partial charge on any atom is -0.412 e. The molecule has 0 radical (unpaired) electrons. The Morgan fingerprint density at radius 2 is 1.75 bits per heavy atom. The number of aliphatic hydroxyl groups is 1. The van der Waals surface area contributed by atoms with E-state index in [1.54, 1.807) is 0 Å². The van der Waals surface area contributed by atoms with Crippen LogP contribution in [0.5, 0.6) is 0 Å². The maximum Gasteiger partial charge on any atom is 0.0319 e. The SMILES string of the molecule is CCCCN.CO.O. The highest BCUT2D eigenvalue weighted by Crippen LogP contribution is 1.77. The highest BCUT2D eigenvalue weighted by Gasteiger charge is 1.67. The number of hydrogen-bond donors (Lipinski definition) is 2. The summed E-state index contributed by atoms with van der Waals surface area (Å²) in [4.78, 5) is 0. The van der Waals surface area contributed by atoms with Crippen LogP contribution in [0.3, 0.4) is 0 Å². The van der Waals surface area contributed by atoms with Crippen LogP contribution in [0.4, 0.5) is 0 Å². The number of unbranched alkanes of at least 4 members (excludes halogenated alkanes) is 1. The number of rotatable bonds is 2. The predicted octanol–water partition coefficient (Wildman–Crippen LogP) is -0.471. The first-order valence-electron chi connectivity index (χ1n) is 2.56. The molecule has 0 bridgehead atoms. The van der Waals surface area contributed by atoms with Gasteiger partial charge in [0.1, 0.15) is 0 Å². The molecular formula is C5H17NO2. The highest BCUT2D eigenvalue weighted by molar-refractivity contribution is 4.29. The molecule has 5 N–H and O–H groups in total. The molecule has 0 atom stereocenters. The van der Waals surface area contributed by atoms with Crippen molar-refractivity contribution >= 4 is 0 Å². The van der Waals surface area contributed by atoms with Crippen LogP contribution in [0.15, 0.2) is 0 Å². The second kappa shape index (κ2) is 28.7. The van der Waals surface area contributed by atoms with E-state index in [9.17, 15) is 0 Å². The molecule has 0 saturated carbocycles. The maximum absolute atomic E-state index is 7.00. The third-order valence-electron chi connectivity index (χ3n) is 0.558. The zero-order chi connectivity index (χ0) is 6.12. The van der Waals surface area contributed by atoms with E-state index in [0.29, 0.717) is 0 Å². The first-order valence-corrected chi connectivity index (χ1v) is 2.56. The Bertz CT molecular complexity index is 17.9. The van der Waals surface area contributed by atoms with Gasteiger partial charge in [-0.25, -0.2) is 0 Å². The lowest BCUT2D eigenvalue weighted by molar-refractivity contribution is 0.399. The average Bonchev–Trinajstić information content (AvgIpc) is 1.75. The topological polar surface area (TPSA) is 77.8 Å². The lowest BCUT2D eigenvalue weighted by Gasteiger charge is -1.80. The first kappa shape index (κ1) is 15.7. The second-order valence-electron chi connectivity index (χ2n) is 1.14. The van der Waals surface area contributed by atoms with E-state index in [1.165, 1.54) is 12.8 Å². The Hall–Kier alpha value is -0.120. The van der Waals surface area contributed by atoms with Gasteiger partial charge in [-0.05, 0) is 13.0 Å². The van der Waals surface area contributed by atoms with Gasteiger partial charge in [0, 0.05) is 7.11 Å². The van der Waals surface area contributed by atoms with Gasteiger partial charge in [0.15, 0.2) is 0 Å². The van der Waals surface area contributed by atoms with E-state index >= 15 is 0 Å². The molecule has 0 aliphatic carbocycles. The summed E-state index contributed by atoms with van der Waals surface area (Å²) < 4.78 is 0. The molecule has 0 heterocycles. The third-order valence-corrected chi connectivity index (χ3v) is 0.558. The molecule has 0 aromatic carbocycles. The van der Waals surface area contributed by atoms with Crippen LogP contribution in [-0.2, 0) is 0 Å². The van der Waals surface area contributed by atoms with Crippen molar-refractivity contribution in [1.29, 1.82) is 0 Å². The van der Waals surface area contributed by atoms with Crippen LogP contribution >= 0.6 is 0 Å². The van der Waals surface area contributed by atoms with Gasteiger partial charge in [0.05, 0.1) is 0 Å². The molecule has 0 aromatic rings. The van der Waals surface area contributed by atoms with Crippen LogP contribution in [0.25, 0.3) is 0 Å². The van der Waals surface area contributed by atoms with E-state index in [0.717, 1.165) is 13.7 Å². The van der Waals surface area contributed by atoms with Gasteiger partial charge in [0.25, 0.3) is 0 Å². The van der Waals surface area contributed by atoms with Crippen molar-refractivity contribution in [3.05, 3.63) is 0 Å². The predicted molar refractivity (Wildman–Crippen MR) is 35.7 cm³/mol. The lowest BCUT2D eigenvalue weighted by atomic mass is 10.3. The number of aliphatic hydroxyl groups excluding tert-OH is 1. The Balaban J connectivity index is -0.0000000750. The zero-order valence-electron chi connectivity index (χ0n) is 5.65. The van der Waals surface area contributed by atoms with Crippen molar-refractivity contribution in [2.75, 3.05) is 13.7 Å². The van der Waals surface area contributed by atoms with Crippen molar-refractivity contribution in [3.8, 4) is 0 Å². The molecule has 3 heteroatoms. The van der Waals surface area contributed by atoms with Crippen LogP contribution in [0.1, 0.15) is 19.8 Å². The van der Waals surface area contributed by atoms with Gasteiger partial charge in [-0.3, -0.25) is 0 Å². The molecule has 0 saturated heterocycles. The van der Waals surface area contributed by atoms with Gasteiger partial charge in [0.2, 0.25) is 0 Å². The Morgan fingerprint density at radius 1 is 1.38 bits per heavy atom. The molecule has 3 nitrogen and oxygen atoms in total. The summed E-state index contributed by atoms with van der Waals surface area (Å²) in [6.45, 7) is 2.98. The first-order chi connectivity index (χ1) is 3.41. The second-order valence-corrected chi connectivity index (χ2v) is 1.14. The van der Waals surface area contributed by atoms with Gasteiger partial charge in [-0.1, -0.05) is 13.3 Å². The minimum absolute atomic E-state index is 0. The highest BCUT2D eigenvalue weighted by atomic mass is 16.2. The molecule has 0 aliphatic heterocycles. The summed E-state index contributed by atoms with van der Waals surface area (Å²) >= 11 is 0. The quantitative estimate of drug-likeness (QED) is 0.520. The Labute approximate surface area is 50.8 Å². The van der Waals surface area contributed by atoms with Crippen molar-refractivity contribution in [3.63, 3.8) is 0 Å². The van der Waals surface area contributed by atoms with Crippen LogP contribution in [0.2, 0.25) is 0 Å². The molecule has 0 amide bonds. The molecule has 8 heavy (non-hydrogen) atoms. The van der Waals surface area contributed by atoms with E-state index in [1.807, 2.05) is 0 Å². The summed E-state index contributed by atoms with van der Waals surface area (Å²) in [5.41, 5.74) is 5.14. The fourth-order valence-electron chi connectivity index (χ4n) is 0.204. The van der Waals surface area contributed by atoms with Crippen LogP contribution in [0, 0.1) is 0 Å².